The summed E-state index contributed by atoms with van der Waals surface area (Å²) in [6.07, 6.45) is 8.13. The summed E-state index contributed by atoms with van der Waals surface area (Å²) in [6, 6.07) is 4.72. The molecule has 1 unspecified atom stereocenters. The number of guanidine groups is 1. The van der Waals surface area contributed by atoms with Gasteiger partial charge in [0.2, 0.25) is 5.88 Å². The molecule has 7 heteroatoms. The molecule has 1 aromatic rings. The summed E-state index contributed by atoms with van der Waals surface area (Å²) in [5.74, 6) is 2.55. The van der Waals surface area contributed by atoms with Crippen molar-refractivity contribution in [1.82, 2.24) is 20.1 Å². The zero-order valence-electron chi connectivity index (χ0n) is 18.6. The van der Waals surface area contributed by atoms with Crippen molar-refractivity contribution in [2.75, 3.05) is 46.4 Å². The van der Waals surface area contributed by atoms with Crippen molar-refractivity contribution in [3.05, 3.63) is 23.9 Å². The summed E-state index contributed by atoms with van der Waals surface area (Å²) in [5.41, 5.74) is 1.18. The van der Waals surface area contributed by atoms with Gasteiger partial charge in [0.05, 0.1) is 13.2 Å². The predicted octanol–water partition coefficient (Wildman–Crippen LogP) is 2.52. The first-order chi connectivity index (χ1) is 14.7. The molecule has 30 heavy (non-hydrogen) atoms. The number of aliphatic imine (C=N–C) groups is 1. The van der Waals surface area contributed by atoms with Gasteiger partial charge in [0.25, 0.3) is 0 Å². The molecule has 4 rings (SSSR count). The molecule has 0 aromatic carbocycles. The molecule has 3 fully saturated rings. The second-order valence-electron chi connectivity index (χ2n) is 8.94. The summed E-state index contributed by atoms with van der Waals surface area (Å²) in [7, 11) is 1.87. The van der Waals surface area contributed by atoms with E-state index in [-0.39, 0.29) is 0 Å². The van der Waals surface area contributed by atoms with Crippen LogP contribution in [0.2, 0.25) is 0 Å². The number of nitrogens with zero attached hydrogens (tertiary/aromatic N) is 4. The summed E-state index contributed by atoms with van der Waals surface area (Å²) >= 11 is 0. The standard InChI is InChI=1S/C23H37N5O2/c1-18-3-5-21(6-4-18)30-22-15-19(7-9-25-22)16-26-23(24-2)28-10-8-20(17-28)27-11-13-29-14-12-27/h7,9,15,18,20-21H,3-6,8,10-14,16-17H2,1-2H3,(H,24,26). The van der Waals surface area contributed by atoms with Crippen LogP contribution in [0.1, 0.15) is 44.6 Å². The Morgan fingerprint density at radius 2 is 2.00 bits per heavy atom. The third-order valence-corrected chi connectivity index (χ3v) is 6.74. The van der Waals surface area contributed by atoms with Crippen molar-refractivity contribution in [3.8, 4) is 5.88 Å². The summed E-state index contributed by atoms with van der Waals surface area (Å²) < 4.78 is 11.7. The first-order valence-electron chi connectivity index (χ1n) is 11.6. The molecule has 3 aliphatic rings. The van der Waals surface area contributed by atoms with E-state index in [0.717, 1.165) is 76.5 Å². The van der Waals surface area contributed by atoms with E-state index in [0.29, 0.717) is 12.1 Å². The van der Waals surface area contributed by atoms with E-state index < -0.39 is 0 Å². The van der Waals surface area contributed by atoms with Gasteiger partial charge < -0.3 is 19.7 Å². The van der Waals surface area contributed by atoms with E-state index in [1.165, 1.54) is 24.8 Å². The van der Waals surface area contributed by atoms with E-state index >= 15 is 0 Å². The van der Waals surface area contributed by atoms with Gasteiger partial charge in [-0.2, -0.15) is 0 Å². The number of aromatic nitrogens is 1. The van der Waals surface area contributed by atoms with Gasteiger partial charge in [0, 0.05) is 58.1 Å². The van der Waals surface area contributed by atoms with Crippen LogP contribution in [0.4, 0.5) is 0 Å². The lowest BCUT2D eigenvalue weighted by molar-refractivity contribution is 0.0195. The highest BCUT2D eigenvalue weighted by Crippen LogP contribution is 2.26. The highest BCUT2D eigenvalue weighted by Gasteiger charge is 2.30. The molecular weight excluding hydrogens is 378 g/mol. The van der Waals surface area contributed by atoms with Gasteiger partial charge in [-0.3, -0.25) is 9.89 Å². The van der Waals surface area contributed by atoms with Crippen LogP contribution >= 0.6 is 0 Å². The molecule has 0 radical (unpaired) electrons. The molecule has 2 saturated heterocycles. The lowest BCUT2D eigenvalue weighted by atomic mass is 9.89. The molecule has 0 bridgehead atoms. The number of likely N-dealkylation sites (tertiary alicyclic amines) is 1. The van der Waals surface area contributed by atoms with Crippen molar-refractivity contribution in [3.63, 3.8) is 0 Å². The number of pyridine rings is 1. The van der Waals surface area contributed by atoms with Gasteiger partial charge in [0.1, 0.15) is 6.10 Å². The third-order valence-electron chi connectivity index (χ3n) is 6.74. The van der Waals surface area contributed by atoms with Crippen LogP contribution in [0.5, 0.6) is 5.88 Å². The minimum Gasteiger partial charge on any atom is -0.474 e. The first-order valence-corrected chi connectivity index (χ1v) is 11.6. The van der Waals surface area contributed by atoms with Crippen molar-refractivity contribution < 1.29 is 9.47 Å². The van der Waals surface area contributed by atoms with E-state index in [1.54, 1.807) is 0 Å². The van der Waals surface area contributed by atoms with Crippen LogP contribution in [0.25, 0.3) is 0 Å². The molecule has 1 N–H and O–H groups in total. The topological polar surface area (TPSA) is 62.2 Å². The fourth-order valence-electron chi connectivity index (χ4n) is 4.83. The molecule has 0 spiro atoms. The molecule has 1 aliphatic carbocycles. The van der Waals surface area contributed by atoms with Crippen molar-refractivity contribution in [1.29, 1.82) is 0 Å². The van der Waals surface area contributed by atoms with Gasteiger partial charge in [0.15, 0.2) is 5.96 Å². The highest BCUT2D eigenvalue weighted by molar-refractivity contribution is 5.80. The molecule has 2 aliphatic heterocycles. The second kappa shape index (κ2) is 10.4. The second-order valence-corrected chi connectivity index (χ2v) is 8.94. The van der Waals surface area contributed by atoms with Gasteiger partial charge in [-0.05, 0) is 49.7 Å². The van der Waals surface area contributed by atoms with Crippen LogP contribution < -0.4 is 10.1 Å². The van der Waals surface area contributed by atoms with Gasteiger partial charge >= 0.3 is 0 Å². The van der Waals surface area contributed by atoms with Gasteiger partial charge in [-0.15, -0.1) is 0 Å². The van der Waals surface area contributed by atoms with Crippen LogP contribution in [-0.4, -0.2) is 79.3 Å². The number of morpholine rings is 1. The Bertz CT molecular complexity index is 699. The quantitative estimate of drug-likeness (QED) is 0.589. The van der Waals surface area contributed by atoms with Crippen LogP contribution in [0.3, 0.4) is 0 Å². The first kappa shape index (κ1) is 21.4. The molecule has 0 amide bonds. The van der Waals surface area contributed by atoms with E-state index in [1.807, 2.05) is 13.2 Å². The van der Waals surface area contributed by atoms with Crippen LogP contribution in [0, 0.1) is 5.92 Å². The van der Waals surface area contributed by atoms with E-state index in [2.05, 4.69) is 44.1 Å². The Hall–Kier alpha value is -1.86. The molecule has 3 heterocycles. The summed E-state index contributed by atoms with van der Waals surface area (Å²) in [5, 5.41) is 3.54. The number of nitrogens with one attached hydrogen (secondary N) is 1. The van der Waals surface area contributed by atoms with Crippen LogP contribution in [-0.2, 0) is 11.3 Å². The maximum atomic E-state index is 6.16. The fraction of sp³-hybridized carbons (Fsp3) is 0.739. The molecular formula is C23H37N5O2. The lowest BCUT2D eigenvalue weighted by Crippen LogP contribution is -2.46. The Labute approximate surface area is 180 Å². The zero-order chi connectivity index (χ0) is 20.8. The van der Waals surface area contributed by atoms with Crippen molar-refractivity contribution in [2.24, 2.45) is 10.9 Å². The largest absolute Gasteiger partial charge is 0.474 e. The summed E-state index contributed by atoms with van der Waals surface area (Å²) in [4.78, 5) is 13.9. The minimum atomic E-state index is 0.311. The maximum absolute atomic E-state index is 6.16. The zero-order valence-corrected chi connectivity index (χ0v) is 18.6. The minimum absolute atomic E-state index is 0.311. The normalized spacial score (nSPS) is 28.5. The van der Waals surface area contributed by atoms with Gasteiger partial charge in [-0.25, -0.2) is 4.98 Å². The number of hydrogen-bond acceptors (Lipinski definition) is 5. The molecule has 1 saturated carbocycles. The Kier molecular flexibility index (Phi) is 7.44. The molecule has 166 valence electrons. The number of rotatable bonds is 5. The maximum Gasteiger partial charge on any atom is 0.213 e. The van der Waals surface area contributed by atoms with E-state index in [4.69, 9.17) is 9.47 Å². The molecule has 1 atom stereocenters. The average molecular weight is 416 g/mol. The van der Waals surface area contributed by atoms with Crippen molar-refractivity contribution in [2.45, 2.75) is 57.7 Å². The number of ether oxygens (including phenoxy) is 2. The third kappa shape index (κ3) is 5.64. The highest BCUT2D eigenvalue weighted by atomic mass is 16.5. The smallest absolute Gasteiger partial charge is 0.213 e. The molecule has 1 aromatic heterocycles. The molecule has 7 nitrogen and oxygen atoms in total. The fourth-order valence-corrected chi connectivity index (χ4v) is 4.83. The SMILES string of the molecule is CN=C(NCc1ccnc(OC2CCC(C)CC2)c1)N1CCC(N2CCOCC2)C1. The van der Waals surface area contributed by atoms with Crippen LogP contribution in [0.15, 0.2) is 23.3 Å². The van der Waals surface area contributed by atoms with Crippen molar-refractivity contribution >= 4 is 5.96 Å². The Balaban J connectivity index is 1.27. The monoisotopic (exact) mass is 415 g/mol. The van der Waals surface area contributed by atoms with Gasteiger partial charge in [-0.1, -0.05) is 6.92 Å². The Morgan fingerprint density at radius 3 is 2.77 bits per heavy atom. The number of hydrogen-bond donors (Lipinski definition) is 1. The Morgan fingerprint density at radius 1 is 1.20 bits per heavy atom. The predicted molar refractivity (Wildman–Crippen MR) is 119 cm³/mol. The summed E-state index contributed by atoms with van der Waals surface area (Å²) in [6.45, 7) is 8.94. The average Bonchev–Trinajstić information content (AvgIpc) is 3.27. The lowest BCUT2D eigenvalue weighted by Gasteiger charge is -2.32. The van der Waals surface area contributed by atoms with E-state index in [9.17, 15) is 0 Å².